The molecule has 0 bridgehead atoms. The number of benzene rings is 1. The molecule has 0 fully saturated rings. The van der Waals surface area contributed by atoms with E-state index < -0.39 is 0 Å². The third kappa shape index (κ3) is 2.59. The fourth-order valence-corrected chi connectivity index (χ4v) is 3.00. The molecular weight excluding hydrogens is 234 g/mol. The summed E-state index contributed by atoms with van der Waals surface area (Å²) in [6.45, 7) is 4.38. The summed E-state index contributed by atoms with van der Waals surface area (Å²) in [5, 5.41) is 3.74. The van der Waals surface area contributed by atoms with Crippen molar-refractivity contribution in [1.82, 2.24) is 5.32 Å². The zero-order valence-corrected chi connectivity index (χ0v) is 11.6. The van der Waals surface area contributed by atoms with E-state index in [1.165, 1.54) is 35.3 Å². The van der Waals surface area contributed by atoms with Gasteiger partial charge in [-0.2, -0.15) is 0 Å². The smallest absolute Gasteiger partial charge is 0.108 e. The van der Waals surface area contributed by atoms with Crippen LogP contribution in [0.1, 0.15) is 54.3 Å². The monoisotopic (exact) mass is 255 g/mol. The first-order valence-electron chi connectivity index (χ1n) is 7.13. The van der Waals surface area contributed by atoms with Crippen LogP contribution in [-0.2, 0) is 6.42 Å². The zero-order valence-electron chi connectivity index (χ0n) is 11.6. The minimum absolute atomic E-state index is 0.366. The van der Waals surface area contributed by atoms with Gasteiger partial charge in [-0.25, -0.2) is 0 Å². The van der Waals surface area contributed by atoms with Gasteiger partial charge in [0.15, 0.2) is 0 Å². The average Bonchev–Trinajstić information content (AvgIpc) is 2.88. The highest BCUT2D eigenvalue weighted by molar-refractivity contribution is 5.27. The summed E-state index contributed by atoms with van der Waals surface area (Å²) in [6, 6.07) is 11.6. The second kappa shape index (κ2) is 5.22. The topological polar surface area (TPSA) is 25.2 Å². The predicted octanol–water partition coefficient (Wildman–Crippen LogP) is 4.32. The van der Waals surface area contributed by atoms with Crippen molar-refractivity contribution in [3.63, 3.8) is 0 Å². The Morgan fingerprint density at radius 3 is 3.05 bits per heavy atom. The molecule has 2 nitrogen and oxygen atoms in total. The molecule has 0 saturated carbocycles. The molecule has 3 rings (SSSR count). The van der Waals surface area contributed by atoms with Crippen molar-refractivity contribution < 1.29 is 4.42 Å². The van der Waals surface area contributed by atoms with Crippen LogP contribution in [0, 0.1) is 6.92 Å². The maximum atomic E-state index is 5.55. The van der Waals surface area contributed by atoms with E-state index in [1.54, 1.807) is 0 Å². The molecule has 0 radical (unpaired) electrons. The van der Waals surface area contributed by atoms with Gasteiger partial charge in [-0.3, -0.25) is 0 Å². The lowest BCUT2D eigenvalue weighted by Gasteiger charge is -2.26. The van der Waals surface area contributed by atoms with Gasteiger partial charge in [-0.15, -0.1) is 0 Å². The molecule has 1 N–H and O–H groups in total. The van der Waals surface area contributed by atoms with Crippen molar-refractivity contribution in [2.45, 2.75) is 45.2 Å². The minimum Gasteiger partial charge on any atom is -0.469 e. The fraction of sp³-hybridized carbons (Fsp3) is 0.412. The summed E-state index contributed by atoms with van der Waals surface area (Å²) in [5.41, 5.74) is 4.03. The van der Waals surface area contributed by atoms with Gasteiger partial charge in [0, 0.05) is 24.1 Å². The third-order valence-corrected chi connectivity index (χ3v) is 4.05. The highest BCUT2D eigenvalue weighted by Crippen LogP contribution is 2.32. The minimum atomic E-state index is 0.366. The lowest BCUT2D eigenvalue weighted by molar-refractivity contribution is 0.385. The Kier molecular flexibility index (Phi) is 3.43. The Labute approximate surface area is 114 Å². The molecule has 1 aliphatic carbocycles. The standard InChI is InChI=1S/C17H21NO/c1-12-5-3-6-14(11-12)13(2)18-16-7-4-8-17-15(16)9-10-19-17/h3,5-6,9-11,13,16,18H,4,7-8H2,1-2H3/t13-,16?/m1/s1. The van der Waals surface area contributed by atoms with Crippen LogP contribution in [0.2, 0.25) is 0 Å². The predicted molar refractivity (Wildman–Crippen MR) is 77.1 cm³/mol. The Morgan fingerprint density at radius 2 is 2.21 bits per heavy atom. The summed E-state index contributed by atoms with van der Waals surface area (Å²) < 4.78 is 5.55. The quantitative estimate of drug-likeness (QED) is 0.883. The molecule has 2 heteroatoms. The second-order valence-electron chi connectivity index (χ2n) is 5.55. The lowest BCUT2D eigenvalue weighted by atomic mass is 9.92. The number of hydrogen-bond donors (Lipinski definition) is 1. The number of rotatable bonds is 3. The van der Waals surface area contributed by atoms with Gasteiger partial charge >= 0.3 is 0 Å². The highest BCUT2D eigenvalue weighted by atomic mass is 16.3. The van der Waals surface area contributed by atoms with Gasteiger partial charge in [0.2, 0.25) is 0 Å². The van der Waals surface area contributed by atoms with Crippen molar-refractivity contribution in [2.75, 3.05) is 0 Å². The number of nitrogens with one attached hydrogen (secondary N) is 1. The molecule has 1 unspecified atom stereocenters. The van der Waals surface area contributed by atoms with E-state index in [-0.39, 0.29) is 0 Å². The molecule has 1 aromatic heterocycles. The molecule has 0 amide bonds. The van der Waals surface area contributed by atoms with Gasteiger partial charge in [-0.05, 0) is 38.3 Å². The van der Waals surface area contributed by atoms with Crippen molar-refractivity contribution in [2.24, 2.45) is 0 Å². The van der Waals surface area contributed by atoms with Crippen LogP contribution in [0.25, 0.3) is 0 Å². The summed E-state index contributed by atoms with van der Waals surface area (Å²) in [5.74, 6) is 1.17. The first-order valence-corrected chi connectivity index (χ1v) is 7.13. The Balaban J connectivity index is 1.76. The Morgan fingerprint density at radius 1 is 1.32 bits per heavy atom. The number of aryl methyl sites for hydroxylation is 2. The maximum absolute atomic E-state index is 5.55. The summed E-state index contributed by atoms with van der Waals surface area (Å²) in [4.78, 5) is 0. The van der Waals surface area contributed by atoms with E-state index in [0.717, 1.165) is 6.42 Å². The Bertz CT molecular complexity index is 558. The van der Waals surface area contributed by atoms with Crippen LogP contribution in [-0.4, -0.2) is 0 Å². The van der Waals surface area contributed by atoms with Crippen molar-refractivity contribution in [3.8, 4) is 0 Å². The molecule has 0 saturated heterocycles. The molecule has 1 heterocycles. The molecule has 100 valence electrons. The second-order valence-corrected chi connectivity index (χ2v) is 5.55. The van der Waals surface area contributed by atoms with Gasteiger partial charge < -0.3 is 9.73 Å². The van der Waals surface area contributed by atoms with E-state index in [2.05, 4.69) is 49.5 Å². The maximum Gasteiger partial charge on any atom is 0.108 e. The van der Waals surface area contributed by atoms with Gasteiger partial charge in [0.1, 0.15) is 5.76 Å². The van der Waals surface area contributed by atoms with E-state index in [9.17, 15) is 0 Å². The molecule has 1 aromatic carbocycles. The van der Waals surface area contributed by atoms with Crippen LogP contribution in [0.15, 0.2) is 41.0 Å². The Hall–Kier alpha value is -1.54. The van der Waals surface area contributed by atoms with Crippen molar-refractivity contribution in [1.29, 1.82) is 0 Å². The largest absolute Gasteiger partial charge is 0.469 e. The SMILES string of the molecule is Cc1cccc([C@@H](C)NC2CCCc3occc32)c1. The molecule has 2 atom stereocenters. The van der Waals surface area contributed by atoms with Gasteiger partial charge in [-0.1, -0.05) is 29.8 Å². The highest BCUT2D eigenvalue weighted by Gasteiger charge is 2.23. The van der Waals surface area contributed by atoms with Gasteiger partial charge in [0.05, 0.1) is 6.26 Å². The molecule has 1 aliphatic rings. The van der Waals surface area contributed by atoms with E-state index >= 15 is 0 Å². The van der Waals surface area contributed by atoms with Gasteiger partial charge in [0.25, 0.3) is 0 Å². The molecule has 2 aromatic rings. The summed E-state index contributed by atoms with van der Waals surface area (Å²) in [7, 11) is 0. The molecule has 0 spiro atoms. The van der Waals surface area contributed by atoms with Crippen LogP contribution in [0.5, 0.6) is 0 Å². The zero-order chi connectivity index (χ0) is 13.2. The van der Waals surface area contributed by atoms with Crippen molar-refractivity contribution in [3.05, 3.63) is 59.0 Å². The van der Waals surface area contributed by atoms with Crippen LogP contribution >= 0.6 is 0 Å². The van der Waals surface area contributed by atoms with Crippen LogP contribution in [0.3, 0.4) is 0 Å². The number of fused-ring (bicyclic) bond motifs is 1. The van der Waals surface area contributed by atoms with E-state index in [1.807, 2.05) is 6.26 Å². The third-order valence-electron chi connectivity index (χ3n) is 4.05. The molecule has 0 aliphatic heterocycles. The summed E-state index contributed by atoms with van der Waals surface area (Å²) >= 11 is 0. The normalized spacial score (nSPS) is 20.0. The lowest BCUT2D eigenvalue weighted by Crippen LogP contribution is -2.27. The first-order chi connectivity index (χ1) is 9.24. The van der Waals surface area contributed by atoms with Crippen LogP contribution < -0.4 is 5.32 Å². The number of furan rings is 1. The molecular formula is C17H21NO. The van der Waals surface area contributed by atoms with E-state index in [0.29, 0.717) is 12.1 Å². The van der Waals surface area contributed by atoms with E-state index in [4.69, 9.17) is 4.42 Å². The van der Waals surface area contributed by atoms with Crippen LogP contribution in [0.4, 0.5) is 0 Å². The summed E-state index contributed by atoms with van der Waals surface area (Å²) in [6.07, 6.45) is 5.31. The fourth-order valence-electron chi connectivity index (χ4n) is 3.00. The van der Waals surface area contributed by atoms with Crippen molar-refractivity contribution >= 4 is 0 Å². The average molecular weight is 255 g/mol. The molecule has 19 heavy (non-hydrogen) atoms. The number of hydrogen-bond acceptors (Lipinski definition) is 2. The first kappa shape index (κ1) is 12.5.